The van der Waals surface area contributed by atoms with Gasteiger partial charge in [0, 0.05) is 5.41 Å². The van der Waals surface area contributed by atoms with Crippen molar-refractivity contribution in [3.8, 4) is 0 Å². The van der Waals surface area contributed by atoms with Gasteiger partial charge < -0.3 is 0 Å². The van der Waals surface area contributed by atoms with Crippen LogP contribution in [0.5, 0.6) is 0 Å². The van der Waals surface area contributed by atoms with Gasteiger partial charge in [0.05, 0.1) is 11.1 Å². The van der Waals surface area contributed by atoms with E-state index in [1.165, 1.54) is 0 Å². The molecule has 0 spiro atoms. The minimum Gasteiger partial charge on any atom is -0.289 e. The first kappa shape index (κ1) is 24.6. The Morgan fingerprint density at radius 3 is 1.32 bits per heavy atom. The highest BCUT2D eigenvalue weighted by molar-refractivity contribution is 5.89. The summed E-state index contributed by atoms with van der Waals surface area (Å²) in [6.45, 7) is 11.9. The standard InChI is InChI=1S/C25H30O6/c1-6-18-10-14-20(15-11-18)22(26)28-30-24(25(5,8-3)9-4)31-29-23(27)21-16-12-19(7-2)13-17-21/h10-17H,5-9H2,1-4H3. The van der Waals surface area contributed by atoms with Crippen molar-refractivity contribution >= 4 is 11.9 Å². The van der Waals surface area contributed by atoms with E-state index in [0.29, 0.717) is 24.0 Å². The number of carbonyl (C=O) groups is 2. The van der Waals surface area contributed by atoms with Gasteiger partial charge in [-0.3, -0.25) is 9.78 Å². The summed E-state index contributed by atoms with van der Waals surface area (Å²) >= 11 is 0. The smallest absolute Gasteiger partial charge is 0.289 e. The first-order chi connectivity index (χ1) is 14.9. The number of hydrogen-bond acceptors (Lipinski definition) is 6. The highest BCUT2D eigenvalue weighted by atomic mass is 17.3. The zero-order valence-corrected chi connectivity index (χ0v) is 18.6. The van der Waals surface area contributed by atoms with E-state index in [2.05, 4.69) is 6.92 Å². The van der Waals surface area contributed by atoms with Crippen LogP contribution in [0.15, 0.2) is 48.5 Å². The molecule has 166 valence electrons. The summed E-state index contributed by atoms with van der Waals surface area (Å²) in [7, 11) is 0. The number of benzene rings is 2. The van der Waals surface area contributed by atoms with Gasteiger partial charge in [0.15, 0.2) is 0 Å². The molecule has 0 aliphatic heterocycles. The van der Waals surface area contributed by atoms with Crippen molar-refractivity contribution in [2.75, 3.05) is 0 Å². The Balaban J connectivity index is 2.04. The summed E-state index contributed by atoms with van der Waals surface area (Å²) in [5.41, 5.74) is 1.97. The Labute approximate surface area is 184 Å². The summed E-state index contributed by atoms with van der Waals surface area (Å²) in [4.78, 5) is 44.9. The molecule has 0 fully saturated rings. The van der Waals surface area contributed by atoms with Gasteiger partial charge in [-0.25, -0.2) is 9.59 Å². The third-order valence-corrected chi connectivity index (χ3v) is 5.37. The third kappa shape index (κ3) is 6.64. The second kappa shape index (κ2) is 11.6. The molecule has 6 heteroatoms. The minimum atomic E-state index is -0.876. The van der Waals surface area contributed by atoms with Crippen LogP contribution in [0.25, 0.3) is 0 Å². The summed E-state index contributed by atoms with van der Waals surface area (Å²) < 4.78 is 0. The van der Waals surface area contributed by atoms with Crippen LogP contribution >= 0.6 is 0 Å². The Hall–Kier alpha value is -2.70. The molecule has 0 N–H and O–H groups in total. The average molecular weight is 427 g/mol. The summed E-state index contributed by atoms with van der Waals surface area (Å²) in [6.07, 6.45) is 2.53. The summed E-state index contributed by atoms with van der Waals surface area (Å²) in [6, 6.07) is 14.0. The van der Waals surface area contributed by atoms with Gasteiger partial charge in [-0.05, 0) is 68.0 Å². The molecule has 0 saturated heterocycles. The van der Waals surface area contributed by atoms with Gasteiger partial charge in [-0.1, -0.05) is 52.0 Å². The van der Waals surface area contributed by atoms with E-state index >= 15 is 0 Å². The summed E-state index contributed by atoms with van der Waals surface area (Å²) in [5.74, 6) is -1.39. The largest absolute Gasteiger partial charge is 0.373 e. The van der Waals surface area contributed by atoms with Crippen molar-refractivity contribution < 1.29 is 29.1 Å². The van der Waals surface area contributed by atoms with Crippen LogP contribution < -0.4 is 0 Å². The number of hydrogen-bond donors (Lipinski definition) is 0. The van der Waals surface area contributed by atoms with Crippen LogP contribution in [-0.4, -0.2) is 11.9 Å². The van der Waals surface area contributed by atoms with Gasteiger partial charge >= 0.3 is 18.2 Å². The van der Waals surface area contributed by atoms with E-state index in [4.69, 9.17) is 19.6 Å². The van der Waals surface area contributed by atoms with E-state index in [-0.39, 0.29) is 6.29 Å². The second-order valence-electron chi connectivity index (χ2n) is 7.28. The topological polar surface area (TPSA) is 71.1 Å². The predicted molar refractivity (Wildman–Crippen MR) is 116 cm³/mol. The molecule has 0 aromatic heterocycles. The maximum Gasteiger partial charge on any atom is 0.373 e. The molecular formula is C25H30O6. The maximum atomic E-state index is 12.3. The first-order valence-electron chi connectivity index (χ1n) is 10.5. The predicted octanol–water partition coefficient (Wildman–Crippen LogP) is 5.82. The number of aryl methyl sites for hydroxylation is 2. The van der Waals surface area contributed by atoms with E-state index < -0.39 is 17.4 Å². The lowest BCUT2D eigenvalue weighted by Gasteiger charge is -2.30. The maximum absolute atomic E-state index is 12.3. The van der Waals surface area contributed by atoms with E-state index in [1.54, 1.807) is 24.3 Å². The molecule has 0 heterocycles. The van der Waals surface area contributed by atoms with Crippen molar-refractivity contribution in [3.63, 3.8) is 0 Å². The van der Waals surface area contributed by atoms with Crippen molar-refractivity contribution in [3.05, 3.63) is 84.0 Å². The number of carbonyl (C=O) groups excluding carboxylic acids is 2. The van der Waals surface area contributed by atoms with Gasteiger partial charge in [0.25, 0.3) is 0 Å². The molecule has 2 rings (SSSR count). The van der Waals surface area contributed by atoms with Crippen LogP contribution in [0.3, 0.4) is 0 Å². The molecule has 2 aromatic rings. The van der Waals surface area contributed by atoms with Gasteiger partial charge in [0.1, 0.15) is 0 Å². The fourth-order valence-electron chi connectivity index (χ4n) is 2.73. The zero-order valence-electron chi connectivity index (χ0n) is 18.6. The van der Waals surface area contributed by atoms with Crippen molar-refractivity contribution in [1.29, 1.82) is 0 Å². The molecule has 6 nitrogen and oxygen atoms in total. The van der Waals surface area contributed by atoms with E-state index in [0.717, 1.165) is 24.0 Å². The minimum absolute atomic E-state index is 0.199. The first-order valence-corrected chi connectivity index (χ1v) is 10.5. The van der Waals surface area contributed by atoms with E-state index in [1.807, 2.05) is 52.0 Å². The Morgan fingerprint density at radius 2 is 1.03 bits per heavy atom. The molecule has 2 radical (unpaired) electrons. The molecule has 31 heavy (non-hydrogen) atoms. The van der Waals surface area contributed by atoms with Gasteiger partial charge in [0.2, 0.25) is 0 Å². The Bertz CT molecular complexity index is 774. The Kier molecular flexibility index (Phi) is 9.21. The molecule has 0 unspecified atom stereocenters. The zero-order chi connectivity index (χ0) is 22.9. The number of rotatable bonds is 11. The van der Waals surface area contributed by atoms with Crippen LogP contribution in [0.1, 0.15) is 72.4 Å². The lowest BCUT2D eigenvalue weighted by Crippen LogP contribution is -2.31. The molecule has 0 aliphatic carbocycles. The molecular weight excluding hydrogens is 396 g/mol. The van der Waals surface area contributed by atoms with E-state index in [9.17, 15) is 9.59 Å². The van der Waals surface area contributed by atoms with Crippen LogP contribution in [0.2, 0.25) is 0 Å². The Morgan fingerprint density at radius 1 is 0.677 bits per heavy atom. The van der Waals surface area contributed by atoms with Crippen LogP contribution in [0.4, 0.5) is 0 Å². The van der Waals surface area contributed by atoms with Crippen molar-refractivity contribution in [2.24, 2.45) is 5.41 Å². The summed E-state index contributed by atoms with van der Waals surface area (Å²) in [5, 5.41) is 0. The molecule has 0 atom stereocenters. The fraction of sp³-hybridized carbons (Fsp3) is 0.360. The van der Waals surface area contributed by atoms with Gasteiger partial charge in [-0.15, -0.1) is 9.78 Å². The third-order valence-electron chi connectivity index (χ3n) is 5.37. The SMILES string of the molecule is [CH2]C(CC)(CC)[C](OOC(=O)c1ccc(CC)cc1)OOC(=O)c1ccc(CC)cc1. The van der Waals surface area contributed by atoms with Crippen LogP contribution in [0, 0.1) is 18.6 Å². The van der Waals surface area contributed by atoms with Crippen LogP contribution in [-0.2, 0) is 32.4 Å². The lowest BCUT2D eigenvalue weighted by molar-refractivity contribution is -0.381. The fourth-order valence-corrected chi connectivity index (χ4v) is 2.73. The molecule has 0 aliphatic rings. The second-order valence-corrected chi connectivity index (χ2v) is 7.28. The quantitative estimate of drug-likeness (QED) is 0.333. The van der Waals surface area contributed by atoms with Crippen molar-refractivity contribution in [1.82, 2.24) is 0 Å². The molecule has 0 saturated carbocycles. The molecule has 2 aromatic carbocycles. The normalized spacial score (nSPS) is 11.4. The lowest BCUT2D eigenvalue weighted by atomic mass is 9.84. The monoisotopic (exact) mass is 426 g/mol. The van der Waals surface area contributed by atoms with Gasteiger partial charge in [-0.2, -0.15) is 0 Å². The molecule has 0 amide bonds. The highest BCUT2D eigenvalue weighted by Crippen LogP contribution is 2.38. The molecule has 0 bridgehead atoms. The average Bonchev–Trinajstić information content (AvgIpc) is 2.83. The highest BCUT2D eigenvalue weighted by Gasteiger charge is 2.40. The van der Waals surface area contributed by atoms with Crippen molar-refractivity contribution in [2.45, 2.75) is 53.4 Å².